The van der Waals surface area contributed by atoms with E-state index in [1.165, 1.54) is 19.3 Å². The summed E-state index contributed by atoms with van der Waals surface area (Å²) in [4.78, 5) is 0. The molecule has 1 nitrogen and oxygen atoms in total. The smallest absolute Gasteiger partial charge is 0.0223 e. The van der Waals surface area contributed by atoms with Crippen LogP contribution in [0.15, 0.2) is 0 Å². The Balaban J connectivity index is 0. The van der Waals surface area contributed by atoms with E-state index in [4.69, 9.17) is 17.3 Å². The lowest BCUT2D eigenvalue weighted by Crippen LogP contribution is -2.31. The summed E-state index contributed by atoms with van der Waals surface area (Å²) in [6, 6.07) is 0.370. The van der Waals surface area contributed by atoms with Crippen LogP contribution in [0.1, 0.15) is 53.9 Å². The molecule has 0 radical (unpaired) electrons. The van der Waals surface area contributed by atoms with E-state index in [1.54, 1.807) is 0 Å². The summed E-state index contributed by atoms with van der Waals surface area (Å²) in [6.45, 7) is 10.8. The average Bonchev–Trinajstić information content (AvgIpc) is 2.14. The second-order valence-electron chi connectivity index (χ2n) is 4.46. The molecule has 0 amide bonds. The number of alkyl halides is 1. The largest absolute Gasteiger partial charge is 0.327 e. The Kier molecular flexibility index (Phi) is 13.5. The van der Waals surface area contributed by atoms with Gasteiger partial charge in [-0.25, -0.2) is 0 Å². The monoisotopic (exact) mass is 221 g/mol. The molecule has 2 heteroatoms. The molecule has 0 aromatic rings. The summed E-state index contributed by atoms with van der Waals surface area (Å²) < 4.78 is 0. The third-order valence-corrected chi connectivity index (χ3v) is 2.54. The van der Waals surface area contributed by atoms with Crippen molar-refractivity contribution in [2.24, 2.45) is 17.6 Å². The van der Waals surface area contributed by atoms with Crippen LogP contribution in [0.4, 0.5) is 0 Å². The van der Waals surface area contributed by atoms with Gasteiger partial charge in [-0.15, -0.1) is 11.6 Å². The van der Waals surface area contributed by atoms with Crippen LogP contribution in [0.5, 0.6) is 0 Å². The van der Waals surface area contributed by atoms with E-state index in [2.05, 4.69) is 34.6 Å². The Morgan fingerprint density at radius 3 is 1.50 bits per heavy atom. The van der Waals surface area contributed by atoms with Crippen LogP contribution < -0.4 is 5.73 Å². The third-order valence-electron chi connectivity index (χ3n) is 2.28. The van der Waals surface area contributed by atoms with Gasteiger partial charge in [-0.2, -0.15) is 0 Å². The number of unbranched alkanes of at least 4 members (excludes halogenated alkanes) is 2. The Labute approximate surface area is 95.4 Å². The van der Waals surface area contributed by atoms with E-state index in [-0.39, 0.29) is 0 Å². The molecule has 0 saturated heterocycles. The number of halogens is 1. The molecular formula is C12H28ClN. The minimum Gasteiger partial charge on any atom is -0.327 e. The van der Waals surface area contributed by atoms with E-state index >= 15 is 0 Å². The van der Waals surface area contributed by atoms with Crippen molar-refractivity contribution >= 4 is 11.6 Å². The van der Waals surface area contributed by atoms with Crippen LogP contribution in [0.3, 0.4) is 0 Å². The molecule has 0 unspecified atom stereocenters. The van der Waals surface area contributed by atoms with E-state index in [0.717, 1.165) is 5.88 Å². The molecule has 0 fully saturated rings. The Morgan fingerprint density at radius 2 is 1.43 bits per heavy atom. The molecular weight excluding hydrogens is 194 g/mol. The first kappa shape index (κ1) is 16.7. The van der Waals surface area contributed by atoms with Gasteiger partial charge in [0.2, 0.25) is 0 Å². The van der Waals surface area contributed by atoms with E-state index in [9.17, 15) is 0 Å². The van der Waals surface area contributed by atoms with Crippen LogP contribution in [0.2, 0.25) is 0 Å². The normalized spacial score (nSPS) is 10.7. The third kappa shape index (κ3) is 12.2. The molecule has 0 aliphatic rings. The highest BCUT2D eigenvalue weighted by Crippen LogP contribution is 2.07. The zero-order valence-corrected chi connectivity index (χ0v) is 11.3. The fraction of sp³-hybridized carbons (Fsp3) is 1.00. The summed E-state index contributed by atoms with van der Waals surface area (Å²) in [6.07, 6.45) is 3.73. The highest BCUT2D eigenvalue weighted by Gasteiger charge is 2.10. The summed E-state index contributed by atoms with van der Waals surface area (Å²) in [5, 5.41) is 0. The van der Waals surface area contributed by atoms with Crippen molar-refractivity contribution in [1.29, 1.82) is 0 Å². The maximum atomic E-state index is 5.76. The fourth-order valence-corrected chi connectivity index (χ4v) is 1.30. The number of hydrogen-bond acceptors (Lipinski definition) is 1. The SMILES string of the molecule is CC(C)C(N)C(C)C.CCCCCCl. The van der Waals surface area contributed by atoms with Crippen LogP contribution in [0, 0.1) is 11.8 Å². The maximum absolute atomic E-state index is 5.76. The summed E-state index contributed by atoms with van der Waals surface area (Å²) in [7, 11) is 0. The predicted octanol–water partition coefficient (Wildman–Crippen LogP) is 4.04. The maximum Gasteiger partial charge on any atom is 0.0223 e. The van der Waals surface area contributed by atoms with Crippen molar-refractivity contribution in [2.75, 3.05) is 5.88 Å². The number of nitrogens with two attached hydrogens (primary N) is 1. The van der Waals surface area contributed by atoms with Gasteiger partial charge in [-0.3, -0.25) is 0 Å². The highest BCUT2D eigenvalue weighted by molar-refractivity contribution is 6.17. The first-order valence-corrected chi connectivity index (χ1v) is 6.32. The second kappa shape index (κ2) is 11.3. The predicted molar refractivity (Wildman–Crippen MR) is 67.9 cm³/mol. The molecule has 0 aliphatic carbocycles. The van der Waals surface area contributed by atoms with Crippen molar-refractivity contribution in [3.63, 3.8) is 0 Å². The lowest BCUT2D eigenvalue weighted by Gasteiger charge is -2.18. The summed E-state index contributed by atoms with van der Waals surface area (Å²) in [5.74, 6) is 2.07. The van der Waals surface area contributed by atoms with Crippen LogP contribution in [0.25, 0.3) is 0 Å². The van der Waals surface area contributed by atoms with Crippen molar-refractivity contribution in [1.82, 2.24) is 0 Å². The van der Waals surface area contributed by atoms with Gasteiger partial charge in [0.15, 0.2) is 0 Å². The van der Waals surface area contributed by atoms with Gasteiger partial charge in [0.1, 0.15) is 0 Å². The van der Waals surface area contributed by atoms with Crippen molar-refractivity contribution in [2.45, 2.75) is 59.9 Å². The van der Waals surface area contributed by atoms with Gasteiger partial charge in [0, 0.05) is 11.9 Å². The molecule has 0 aliphatic heterocycles. The second-order valence-corrected chi connectivity index (χ2v) is 4.84. The number of hydrogen-bond donors (Lipinski definition) is 1. The molecule has 0 heterocycles. The first-order chi connectivity index (χ1) is 6.47. The Morgan fingerprint density at radius 1 is 1.00 bits per heavy atom. The molecule has 2 N–H and O–H groups in total. The van der Waals surface area contributed by atoms with Crippen molar-refractivity contribution in [3.8, 4) is 0 Å². The lowest BCUT2D eigenvalue weighted by molar-refractivity contribution is 0.386. The van der Waals surface area contributed by atoms with Gasteiger partial charge in [-0.1, -0.05) is 47.5 Å². The molecule has 0 rings (SSSR count). The minimum absolute atomic E-state index is 0.370. The zero-order valence-electron chi connectivity index (χ0n) is 10.5. The summed E-state index contributed by atoms with van der Waals surface area (Å²) in [5.41, 5.74) is 5.76. The van der Waals surface area contributed by atoms with Crippen LogP contribution in [-0.2, 0) is 0 Å². The van der Waals surface area contributed by atoms with Gasteiger partial charge < -0.3 is 5.73 Å². The van der Waals surface area contributed by atoms with Crippen molar-refractivity contribution in [3.05, 3.63) is 0 Å². The molecule has 14 heavy (non-hydrogen) atoms. The Bertz CT molecular complexity index is 90.5. The molecule has 0 bridgehead atoms. The molecule has 0 spiro atoms. The van der Waals surface area contributed by atoms with Gasteiger partial charge in [-0.05, 0) is 18.3 Å². The molecule has 0 atom stereocenters. The van der Waals surface area contributed by atoms with Gasteiger partial charge in [0.05, 0.1) is 0 Å². The topological polar surface area (TPSA) is 26.0 Å². The quantitative estimate of drug-likeness (QED) is 0.551. The van der Waals surface area contributed by atoms with Crippen LogP contribution >= 0.6 is 11.6 Å². The van der Waals surface area contributed by atoms with E-state index in [1.807, 2.05) is 0 Å². The molecule has 0 saturated carbocycles. The molecule has 0 aromatic carbocycles. The average molecular weight is 222 g/mol. The standard InChI is InChI=1S/C7H17N.C5H11Cl/c1-5(2)7(8)6(3)4;1-2-3-4-5-6/h5-7H,8H2,1-4H3;2-5H2,1H3. The van der Waals surface area contributed by atoms with E-state index in [0.29, 0.717) is 17.9 Å². The first-order valence-electron chi connectivity index (χ1n) is 5.78. The molecule has 88 valence electrons. The fourth-order valence-electron chi connectivity index (χ4n) is 1.11. The van der Waals surface area contributed by atoms with Gasteiger partial charge in [0.25, 0.3) is 0 Å². The highest BCUT2D eigenvalue weighted by atomic mass is 35.5. The van der Waals surface area contributed by atoms with E-state index < -0.39 is 0 Å². The van der Waals surface area contributed by atoms with Crippen LogP contribution in [-0.4, -0.2) is 11.9 Å². The Hall–Kier alpha value is 0.250. The molecule has 0 aromatic heterocycles. The number of rotatable bonds is 5. The van der Waals surface area contributed by atoms with Gasteiger partial charge >= 0.3 is 0 Å². The minimum atomic E-state index is 0.370. The lowest BCUT2D eigenvalue weighted by atomic mass is 9.95. The van der Waals surface area contributed by atoms with Crippen molar-refractivity contribution < 1.29 is 0 Å². The zero-order chi connectivity index (χ0) is 11.6. The summed E-state index contributed by atoms with van der Waals surface area (Å²) >= 11 is 5.38.